The fraction of sp³-hybridized carbons (Fsp3) is 0.278. The minimum atomic E-state index is -4.66. The third-order valence-corrected chi connectivity index (χ3v) is 4.06. The lowest BCUT2D eigenvalue weighted by Gasteiger charge is -2.14. The van der Waals surface area contributed by atoms with Gasteiger partial charge in [-0.2, -0.15) is 13.2 Å². The topological polar surface area (TPSA) is 76.4 Å². The molecule has 0 heterocycles. The Bertz CT molecular complexity index is 898. The normalized spacial score (nSPS) is 13.9. The average molecular weight is 401 g/mol. The van der Waals surface area contributed by atoms with Gasteiger partial charge in [-0.15, -0.1) is 0 Å². The molecule has 2 aromatic rings. The van der Waals surface area contributed by atoms with Gasteiger partial charge in [-0.1, -0.05) is 6.07 Å². The first-order valence-corrected chi connectivity index (χ1v) is 8.30. The smallest absolute Gasteiger partial charge is 0.416 e. The lowest BCUT2D eigenvalue weighted by molar-refractivity contribution is -0.137. The Morgan fingerprint density at radius 2 is 1.82 bits per heavy atom. The lowest BCUT2D eigenvalue weighted by Crippen LogP contribution is -2.16. The molecule has 0 aromatic heterocycles. The van der Waals surface area contributed by atoms with Crippen LogP contribution in [0.25, 0.3) is 0 Å². The predicted octanol–water partition coefficient (Wildman–Crippen LogP) is 4.89. The molecule has 150 valence electrons. The van der Waals surface area contributed by atoms with Crippen molar-refractivity contribution >= 4 is 23.2 Å². The van der Waals surface area contributed by atoms with Crippen molar-refractivity contribution in [3.63, 3.8) is 0 Å². The van der Waals surface area contributed by atoms with Crippen LogP contribution in [0.5, 0.6) is 0 Å². The summed E-state index contributed by atoms with van der Waals surface area (Å²) in [4.78, 5) is 11.6. The third-order valence-electron chi connectivity index (χ3n) is 4.06. The van der Waals surface area contributed by atoms with E-state index in [0.717, 1.165) is 25.0 Å². The second-order valence-electron chi connectivity index (χ2n) is 6.28. The summed E-state index contributed by atoms with van der Waals surface area (Å²) >= 11 is 0. The van der Waals surface area contributed by atoms with Crippen LogP contribution in [0.2, 0.25) is 0 Å². The summed E-state index contributed by atoms with van der Waals surface area (Å²) in [6.45, 7) is -0.267. The molecule has 4 N–H and O–H groups in total. The van der Waals surface area contributed by atoms with Gasteiger partial charge >= 0.3 is 12.3 Å². The van der Waals surface area contributed by atoms with Crippen LogP contribution in [0.4, 0.5) is 43.8 Å². The van der Waals surface area contributed by atoms with Crippen LogP contribution < -0.4 is 16.4 Å². The number of anilines is 3. The second kappa shape index (κ2) is 7.53. The fourth-order valence-electron chi connectivity index (χ4n) is 2.37. The number of hydrogen-bond donors (Lipinski definition) is 3. The minimum absolute atomic E-state index is 0.00871. The summed E-state index contributed by atoms with van der Waals surface area (Å²) in [7, 11) is 0. The van der Waals surface area contributed by atoms with Crippen molar-refractivity contribution in [1.82, 2.24) is 0 Å². The van der Waals surface area contributed by atoms with Gasteiger partial charge in [0.2, 0.25) is 0 Å². The zero-order valence-corrected chi connectivity index (χ0v) is 14.4. The second-order valence-corrected chi connectivity index (χ2v) is 6.28. The van der Waals surface area contributed by atoms with Crippen LogP contribution >= 0.6 is 0 Å². The molecule has 0 aliphatic heterocycles. The first-order chi connectivity index (χ1) is 13.1. The van der Waals surface area contributed by atoms with E-state index in [9.17, 15) is 26.7 Å². The van der Waals surface area contributed by atoms with E-state index < -0.39 is 29.5 Å². The zero-order chi connectivity index (χ0) is 20.5. The highest BCUT2D eigenvalue weighted by Crippen LogP contribution is 2.32. The van der Waals surface area contributed by atoms with Crippen LogP contribution in [0.15, 0.2) is 30.3 Å². The number of ether oxygens (including phenoxy) is 1. The maximum Gasteiger partial charge on any atom is 0.416 e. The van der Waals surface area contributed by atoms with Crippen molar-refractivity contribution in [3.8, 4) is 0 Å². The molecule has 1 aliphatic carbocycles. The van der Waals surface area contributed by atoms with Crippen LogP contribution in [0, 0.1) is 11.6 Å². The van der Waals surface area contributed by atoms with Crippen molar-refractivity contribution in [2.45, 2.75) is 31.7 Å². The lowest BCUT2D eigenvalue weighted by atomic mass is 10.1. The first-order valence-electron chi connectivity index (χ1n) is 8.30. The summed E-state index contributed by atoms with van der Waals surface area (Å²) < 4.78 is 70.9. The van der Waals surface area contributed by atoms with E-state index in [2.05, 4.69) is 10.6 Å². The summed E-state index contributed by atoms with van der Waals surface area (Å²) in [5, 5.41) is 4.90. The highest BCUT2D eigenvalue weighted by Gasteiger charge is 2.31. The highest BCUT2D eigenvalue weighted by molar-refractivity contribution is 5.90. The Balaban J connectivity index is 1.67. The van der Waals surface area contributed by atoms with E-state index in [1.54, 1.807) is 0 Å². The van der Waals surface area contributed by atoms with E-state index in [1.165, 1.54) is 12.1 Å². The molecule has 0 radical (unpaired) electrons. The monoisotopic (exact) mass is 401 g/mol. The maximum atomic E-state index is 14.4. The van der Waals surface area contributed by atoms with Crippen molar-refractivity contribution in [3.05, 3.63) is 53.1 Å². The van der Waals surface area contributed by atoms with Gasteiger partial charge in [0, 0.05) is 12.1 Å². The minimum Gasteiger partial charge on any atom is -0.446 e. The summed E-state index contributed by atoms with van der Waals surface area (Å²) in [6, 6.07) is 4.68. The molecular formula is C18H16F5N3O2. The van der Waals surface area contributed by atoms with E-state index in [-0.39, 0.29) is 35.3 Å². The van der Waals surface area contributed by atoms with Crippen LogP contribution in [0.1, 0.15) is 24.0 Å². The van der Waals surface area contributed by atoms with Gasteiger partial charge in [0.15, 0.2) is 5.82 Å². The summed E-state index contributed by atoms with van der Waals surface area (Å²) in [6.07, 6.45) is -3.98. The van der Waals surface area contributed by atoms with Crippen LogP contribution in [0.3, 0.4) is 0 Å². The number of carbonyl (C=O) groups is 1. The van der Waals surface area contributed by atoms with Crippen molar-refractivity contribution in [2.24, 2.45) is 0 Å². The molecule has 1 amide bonds. The van der Waals surface area contributed by atoms with Crippen molar-refractivity contribution < 1.29 is 31.5 Å². The number of alkyl halides is 3. The molecule has 0 saturated heterocycles. The Kier molecular flexibility index (Phi) is 5.30. The Hall–Kier alpha value is -3.04. The standard InChI is InChI=1S/C18H16F5N3O2/c19-12-7-10(18(21,22)23)2-1-9(12)8-25-13-5-6-14(16(24)15(13)20)26-17(27)28-11-3-4-11/h1-2,5-7,11,25H,3-4,8,24H2,(H,26,27). The molecule has 0 unspecified atom stereocenters. The molecule has 3 rings (SSSR count). The Labute approximate surface area is 156 Å². The number of nitrogens with one attached hydrogen (secondary N) is 2. The fourth-order valence-corrected chi connectivity index (χ4v) is 2.37. The molecule has 0 spiro atoms. The molecule has 10 heteroatoms. The zero-order valence-electron chi connectivity index (χ0n) is 14.4. The van der Waals surface area contributed by atoms with Crippen LogP contribution in [-0.2, 0) is 17.5 Å². The molecule has 0 bridgehead atoms. The van der Waals surface area contributed by atoms with Crippen LogP contribution in [-0.4, -0.2) is 12.2 Å². The van der Waals surface area contributed by atoms with Gasteiger partial charge in [-0.3, -0.25) is 5.32 Å². The molecule has 0 atom stereocenters. The van der Waals surface area contributed by atoms with Gasteiger partial charge in [0.25, 0.3) is 0 Å². The summed E-state index contributed by atoms with van der Waals surface area (Å²) in [5.41, 5.74) is 4.02. The molecule has 1 fully saturated rings. The first kappa shape index (κ1) is 19.7. The van der Waals surface area contributed by atoms with E-state index in [0.29, 0.717) is 6.07 Å². The van der Waals surface area contributed by atoms with Gasteiger partial charge in [-0.25, -0.2) is 13.6 Å². The van der Waals surface area contributed by atoms with Gasteiger partial charge in [-0.05, 0) is 37.1 Å². The van der Waals surface area contributed by atoms with Gasteiger partial charge in [0.1, 0.15) is 11.9 Å². The number of carbonyl (C=O) groups excluding carboxylic acids is 1. The molecular weight excluding hydrogens is 385 g/mol. The van der Waals surface area contributed by atoms with Crippen molar-refractivity contribution in [2.75, 3.05) is 16.4 Å². The SMILES string of the molecule is Nc1c(NC(=O)OC2CC2)ccc(NCc2ccc(C(F)(F)F)cc2F)c1F. The predicted molar refractivity (Wildman–Crippen MR) is 92.7 cm³/mol. The van der Waals surface area contributed by atoms with Gasteiger partial charge in [0.05, 0.1) is 22.6 Å². The number of amides is 1. The van der Waals surface area contributed by atoms with Gasteiger partial charge < -0.3 is 15.8 Å². The largest absolute Gasteiger partial charge is 0.446 e. The molecule has 2 aromatic carbocycles. The Morgan fingerprint density at radius 1 is 1.14 bits per heavy atom. The maximum absolute atomic E-state index is 14.4. The molecule has 1 saturated carbocycles. The number of rotatable bonds is 5. The number of nitrogen functional groups attached to an aromatic ring is 1. The molecule has 28 heavy (non-hydrogen) atoms. The molecule has 1 aliphatic rings. The third kappa shape index (κ3) is 4.62. The van der Waals surface area contributed by atoms with E-state index >= 15 is 0 Å². The number of hydrogen-bond acceptors (Lipinski definition) is 4. The number of halogens is 5. The van der Waals surface area contributed by atoms with E-state index in [4.69, 9.17) is 10.5 Å². The Morgan fingerprint density at radius 3 is 2.43 bits per heavy atom. The number of nitrogens with two attached hydrogens (primary N) is 1. The number of benzene rings is 2. The van der Waals surface area contributed by atoms with E-state index in [1.807, 2.05) is 0 Å². The highest BCUT2D eigenvalue weighted by atomic mass is 19.4. The molecule has 5 nitrogen and oxygen atoms in total. The quantitative estimate of drug-likeness (QED) is 0.493. The van der Waals surface area contributed by atoms with Crippen molar-refractivity contribution in [1.29, 1.82) is 0 Å². The summed E-state index contributed by atoms with van der Waals surface area (Å²) in [5.74, 6) is -1.96. The average Bonchev–Trinajstić information content (AvgIpc) is 3.42.